The second kappa shape index (κ2) is 5.90. The first-order valence-corrected chi connectivity index (χ1v) is 6.98. The molecule has 2 aromatic rings. The zero-order valence-corrected chi connectivity index (χ0v) is 12.4. The summed E-state index contributed by atoms with van der Waals surface area (Å²) in [6.45, 7) is 8.79. The molecule has 1 amide bonds. The van der Waals surface area contributed by atoms with Gasteiger partial charge in [0.1, 0.15) is 5.69 Å². The monoisotopic (exact) mass is 275 g/mol. The fourth-order valence-electron chi connectivity index (χ4n) is 1.94. The molecular weight excluding hydrogens is 254 g/mol. The molecule has 6 nitrogen and oxygen atoms in total. The third-order valence-corrected chi connectivity index (χ3v) is 3.19. The standard InChI is InChI=1S/C14H21N5O/c1-5-10-7-12(19(6-2)18-10)14(20)15-13-8-11(9(3)4)16-17-13/h7-9H,5-6H2,1-4H3,(H2,15,16,17,20). The molecule has 20 heavy (non-hydrogen) atoms. The number of nitrogens with zero attached hydrogens (tertiary/aromatic N) is 3. The van der Waals surface area contributed by atoms with Crippen LogP contribution in [-0.4, -0.2) is 25.9 Å². The van der Waals surface area contributed by atoms with E-state index in [1.165, 1.54) is 0 Å². The Morgan fingerprint density at radius 1 is 1.40 bits per heavy atom. The van der Waals surface area contributed by atoms with Gasteiger partial charge >= 0.3 is 0 Å². The van der Waals surface area contributed by atoms with E-state index in [-0.39, 0.29) is 5.91 Å². The molecule has 0 atom stereocenters. The summed E-state index contributed by atoms with van der Waals surface area (Å²) in [5.41, 5.74) is 2.49. The van der Waals surface area contributed by atoms with Crippen molar-refractivity contribution < 1.29 is 4.79 Å². The van der Waals surface area contributed by atoms with E-state index >= 15 is 0 Å². The van der Waals surface area contributed by atoms with Crippen LogP contribution < -0.4 is 5.32 Å². The molecule has 0 spiro atoms. The van der Waals surface area contributed by atoms with Crippen LogP contribution in [0.15, 0.2) is 12.1 Å². The van der Waals surface area contributed by atoms with Crippen molar-refractivity contribution in [1.82, 2.24) is 20.0 Å². The number of aryl methyl sites for hydroxylation is 2. The second-order valence-electron chi connectivity index (χ2n) is 5.01. The van der Waals surface area contributed by atoms with E-state index in [2.05, 4.69) is 34.5 Å². The first-order valence-electron chi connectivity index (χ1n) is 6.98. The molecule has 0 saturated carbocycles. The van der Waals surface area contributed by atoms with Gasteiger partial charge in [-0.1, -0.05) is 20.8 Å². The Bertz CT molecular complexity index is 596. The average Bonchev–Trinajstić information content (AvgIpc) is 3.04. The van der Waals surface area contributed by atoms with Crippen LogP contribution in [0.4, 0.5) is 5.82 Å². The van der Waals surface area contributed by atoms with Crippen molar-refractivity contribution in [1.29, 1.82) is 0 Å². The number of H-pyrrole nitrogens is 1. The minimum absolute atomic E-state index is 0.180. The van der Waals surface area contributed by atoms with Crippen LogP contribution in [0.2, 0.25) is 0 Å². The van der Waals surface area contributed by atoms with Crippen LogP contribution in [-0.2, 0) is 13.0 Å². The van der Waals surface area contributed by atoms with Gasteiger partial charge in [-0.2, -0.15) is 10.2 Å². The average molecular weight is 275 g/mol. The minimum atomic E-state index is -0.180. The summed E-state index contributed by atoms with van der Waals surface area (Å²) in [5.74, 6) is 0.711. The topological polar surface area (TPSA) is 75.6 Å². The summed E-state index contributed by atoms with van der Waals surface area (Å²) in [5, 5.41) is 14.2. The predicted octanol–water partition coefficient (Wildman–Crippen LogP) is 2.56. The lowest BCUT2D eigenvalue weighted by Gasteiger charge is -2.03. The van der Waals surface area contributed by atoms with Gasteiger partial charge in [0.2, 0.25) is 0 Å². The SMILES string of the molecule is CCc1cc(C(=O)Nc2cc(C(C)C)[nH]n2)n(CC)n1. The van der Waals surface area contributed by atoms with Crippen molar-refractivity contribution in [2.75, 3.05) is 5.32 Å². The molecule has 6 heteroatoms. The van der Waals surface area contributed by atoms with Crippen LogP contribution in [0.3, 0.4) is 0 Å². The van der Waals surface area contributed by atoms with Crippen molar-refractivity contribution in [3.05, 3.63) is 29.2 Å². The van der Waals surface area contributed by atoms with Crippen molar-refractivity contribution in [3.8, 4) is 0 Å². The number of aromatic amines is 1. The zero-order chi connectivity index (χ0) is 14.7. The normalized spacial score (nSPS) is 11.1. The van der Waals surface area contributed by atoms with Crippen molar-refractivity contribution in [2.45, 2.75) is 46.6 Å². The number of nitrogens with one attached hydrogen (secondary N) is 2. The summed E-state index contributed by atoms with van der Waals surface area (Å²) in [4.78, 5) is 12.3. The number of hydrogen-bond donors (Lipinski definition) is 2. The highest BCUT2D eigenvalue weighted by Gasteiger charge is 2.15. The van der Waals surface area contributed by atoms with Crippen molar-refractivity contribution in [2.24, 2.45) is 0 Å². The van der Waals surface area contributed by atoms with Gasteiger partial charge in [-0.05, 0) is 25.3 Å². The van der Waals surface area contributed by atoms with Crippen LogP contribution in [0, 0.1) is 0 Å². The largest absolute Gasteiger partial charge is 0.304 e. The lowest BCUT2D eigenvalue weighted by molar-refractivity contribution is 0.101. The first kappa shape index (κ1) is 14.3. The third kappa shape index (κ3) is 2.89. The van der Waals surface area contributed by atoms with Gasteiger partial charge in [-0.25, -0.2) is 0 Å². The Balaban J connectivity index is 2.16. The van der Waals surface area contributed by atoms with E-state index in [1.807, 2.05) is 26.0 Å². The van der Waals surface area contributed by atoms with E-state index in [0.29, 0.717) is 24.0 Å². The molecule has 2 N–H and O–H groups in total. The molecule has 0 bridgehead atoms. The Morgan fingerprint density at radius 3 is 2.70 bits per heavy atom. The van der Waals surface area contributed by atoms with Crippen LogP contribution in [0.5, 0.6) is 0 Å². The van der Waals surface area contributed by atoms with E-state index in [4.69, 9.17) is 0 Å². The van der Waals surface area contributed by atoms with Gasteiger partial charge in [-0.3, -0.25) is 14.6 Å². The molecule has 0 aliphatic heterocycles. The Hall–Kier alpha value is -2.11. The second-order valence-corrected chi connectivity index (χ2v) is 5.01. The summed E-state index contributed by atoms with van der Waals surface area (Å²) in [6.07, 6.45) is 0.813. The Morgan fingerprint density at radius 2 is 2.15 bits per heavy atom. The summed E-state index contributed by atoms with van der Waals surface area (Å²) in [6, 6.07) is 3.69. The Kier molecular flexibility index (Phi) is 4.22. The van der Waals surface area contributed by atoms with Gasteiger partial charge in [-0.15, -0.1) is 0 Å². The zero-order valence-electron chi connectivity index (χ0n) is 12.4. The van der Waals surface area contributed by atoms with E-state index in [1.54, 1.807) is 4.68 Å². The van der Waals surface area contributed by atoms with Gasteiger partial charge in [0.05, 0.1) is 5.69 Å². The molecule has 0 unspecified atom stereocenters. The highest BCUT2D eigenvalue weighted by atomic mass is 16.2. The third-order valence-electron chi connectivity index (χ3n) is 3.19. The number of amides is 1. The molecule has 0 aliphatic carbocycles. The fourth-order valence-corrected chi connectivity index (χ4v) is 1.94. The number of carbonyl (C=O) groups is 1. The van der Waals surface area contributed by atoms with E-state index < -0.39 is 0 Å². The lowest BCUT2D eigenvalue weighted by Crippen LogP contribution is -2.17. The smallest absolute Gasteiger partial charge is 0.275 e. The molecule has 0 fully saturated rings. The number of rotatable bonds is 5. The highest BCUT2D eigenvalue weighted by molar-refractivity contribution is 6.02. The molecule has 2 rings (SSSR count). The van der Waals surface area contributed by atoms with Crippen molar-refractivity contribution in [3.63, 3.8) is 0 Å². The number of hydrogen-bond acceptors (Lipinski definition) is 3. The number of aromatic nitrogens is 4. The van der Waals surface area contributed by atoms with Crippen LogP contribution >= 0.6 is 0 Å². The lowest BCUT2D eigenvalue weighted by atomic mass is 10.1. The predicted molar refractivity (Wildman–Crippen MR) is 77.9 cm³/mol. The maximum absolute atomic E-state index is 12.3. The molecule has 2 heterocycles. The maximum atomic E-state index is 12.3. The van der Waals surface area contributed by atoms with Crippen molar-refractivity contribution >= 4 is 11.7 Å². The maximum Gasteiger partial charge on any atom is 0.275 e. The van der Waals surface area contributed by atoms with Crippen LogP contribution in [0.25, 0.3) is 0 Å². The summed E-state index contributed by atoms with van der Waals surface area (Å²) < 4.78 is 1.71. The minimum Gasteiger partial charge on any atom is -0.304 e. The summed E-state index contributed by atoms with van der Waals surface area (Å²) in [7, 11) is 0. The van der Waals surface area contributed by atoms with Crippen LogP contribution in [0.1, 0.15) is 55.5 Å². The molecule has 108 valence electrons. The first-order chi connectivity index (χ1) is 9.55. The highest BCUT2D eigenvalue weighted by Crippen LogP contribution is 2.16. The van der Waals surface area contributed by atoms with Gasteiger partial charge < -0.3 is 5.32 Å². The fraction of sp³-hybridized carbons (Fsp3) is 0.500. The van der Waals surface area contributed by atoms with Gasteiger partial charge in [0.25, 0.3) is 5.91 Å². The molecule has 2 aromatic heterocycles. The molecule has 0 aliphatic rings. The van der Waals surface area contributed by atoms with E-state index in [9.17, 15) is 4.79 Å². The molecule has 0 radical (unpaired) electrons. The molecular formula is C14H21N5O. The number of anilines is 1. The van der Waals surface area contributed by atoms with E-state index in [0.717, 1.165) is 17.8 Å². The number of carbonyl (C=O) groups excluding carboxylic acids is 1. The Labute approximate surface area is 118 Å². The quantitative estimate of drug-likeness (QED) is 0.880. The molecule has 0 saturated heterocycles. The summed E-state index contributed by atoms with van der Waals surface area (Å²) >= 11 is 0. The van der Waals surface area contributed by atoms with Gasteiger partial charge in [0, 0.05) is 18.3 Å². The van der Waals surface area contributed by atoms with Gasteiger partial charge in [0.15, 0.2) is 5.82 Å². The molecule has 0 aromatic carbocycles.